The summed E-state index contributed by atoms with van der Waals surface area (Å²) >= 11 is 1.51. The molecular weight excluding hydrogens is 560 g/mol. The lowest BCUT2D eigenvalue weighted by molar-refractivity contribution is -0.147. The average Bonchev–Trinajstić information content (AvgIpc) is 3.73. The van der Waals surface area contributed by atoms with Crippen molar-refractivity contribution in [2.24, 2.45) is 0 Å². The first-order valence-electron chi connectivity index (χ1n) is 14.9. The van der Waals surface area contributed by atoms with Gasteiger partial charge in [0.05, 0.1) is 18.0 Å². The molecule has 2 heterocycles. The van der Waals surface area contributed by atoms with Crippen molar-refractivity contribution in [2.45, 2.75) is 68.5 Å². The number of thioether (sulfide) groups is 1. The molecule has 3 aromatic rings. The number of aryl methyl sites for hydroxylation is 1. The molecule has 43 heavy (non-hydrogen) atoms. The smallest absolute Gasteiger partial charge is 0.254 e. The first-order chi connectivity index (χ1) is 20.7. The van der Waals surface area contributed by atoms with Gasteiger partial charge in [-0.25, -0.2) is 0 Å². The van der Waals surface area contributed by atoms with Crippen LogP contribution in [0, 0.1) is 0 Å². The molecule has 2 aliphatic heterocycles. The second-order valence-electron chi connectivity index (χ2n) is 12.1. The van der Waals surface area contributed by atoms with Gasteiger partial charge in [0.25, 0.3) is 11.8 Å². The Hall–Kier alpha value is -3.82. The van der Waals surface area contributed by atoms with Gasteiger partial charge in [-0.05, 0) is 73.9 Å². The maximum Gasteiger partial charge on any atom is 0.254 e. The first kappa shape index (κ1) is 29.3. The van der Waals surface area contributed by atoms with Gasteiger partial charge < -0.3 is 26.0 Å². The number of hydrogen-bond acceptors (Lipinski definition) is 6. The second-order valence-corrected chi connectivity index (χ2v) is 13.7. The van der Waals surface area contributed by atoms with Crippen LogP contribution in [0.1, 0.15) is 58.9 Å². The molecule has 4 atom stereocenters. The van der Waals surface area contributed by atoms with E-state index < -0.39 is 28.8 Å². The third-order valence-electron chi connectivity index (χ3n) is 8.89. The number of carbonyl (C=O) groups excluding carboxylic acids is 3. The van der Waals surface area contributed by atoms with Crippen LogP contribution in [-0.4, -0.2) is 63.1 Å². The van der Waals surface area contributed by atoms with E-state index in [-0.39, 0.29) is 30.2 Å². The van der Waals surface area contributed by atoms with E-state index in [1.165, 1.54) is 22.2 Å². The van der Waals surface area contributed by atoms with Crippen LogP contribution in [0.2, 0.25) is 0 Å². The van der Waals surface area contributed by atoms with Crippen LogP contribution in [0.15, 0.2) is 72.8 Å². The quantitative estimate of drug-likeness (QED) is 0.314. The highest BCUT2D eigenvalue weighted by Gasteiger charge is 2.50. The molecule has 0 radical (unpaired) electrons. The van der Waals surface area contributed by atoms with E-state index >= 15 is 0 Å². The van der Waals surface area contributed by atoms with Gasteiger partial charge in [0, 0.05) is 22.5 Å². The second kappa shape index (κ2) is 12.1. The summed E-state index contributed by atoms with van der Waals surface area (Å²) in [6.07, 6.45) is 1.15. The van der Waals surface area contributed by atoms with Crippen LogP contribution >= 0.6 is 11.8 Å². The van der Waals surface area contributed by atoms with Crippen molar-refractivity contribution >= 4 is 35.2 Å². The highest BCUT2D eigenvalue weighted by atomic mass is 32.2. The number of carbonyl (C=O) groups is 3. The van der Waals surface area contributed by atoms with E-state index in [9.17, 15) is 19.5 Å². The molecule has 9 heteroatoms. The van der Waals surface area contributed by atoms with Crippen LogP contribution in [0.5, 0.6) is 0 Å². The zero-order chi connectivity index (χ0) is 30.1. The molecule has 0 aromatic heterocycles. The van der Waals surface area contributed by atoms with Crippen molar-refractivity contribution in [1.29, 1.82) is 0 Å². The highest BCUT2D eigenvalue weighted by Crippen LogP contribution is 2.41. The van der Waals surface area contributed by atoms with E-state index in [0.717, 1.165) is 48.2 Å². The Labute approximate surface area is 256 Å². The summed E-state index contributed by atoms with van der Waals surface area (Å²) in [5.41, 5.74) is 5.62. The summed E-state index contributed by atoms with van der Waals surface area (Å²) in [4.78, 5) is 42.9. The Morgan fingerprint density at radius 3 is 2.60 bits per heavy atom. The minimum absolute atomic E-state index is 0.112. The molecule has 0 spiro atoms. The number of amides is 3. The summed E-state index contributed by atoms with van der Waals surface area (Å²) in [7, 11) is 0. The molecule has 6 rings (SSSR count). The normalized spacial score (nSPS) is 21.3. The molecule has 0 saturated carbocycles. The van der Waals surface area contributed by atoms with Gasteiger partial charge in [0.1, 0.15) is 6.04 Å². The fourth-order valence-corrected chi connectivity index (χ4v) is 7.77. The van der Waals surface area contributed by atoms with Gasteiger partial charge in [0.2, 0.25) is 5.91 Å². The minimum atomic E-state index is -1.55. The number of hydrogen-bond donors (Lipinski definition) is 4. The monoisotopic (exact) mass is 598 g/mol. The van der Waals surface area contributed by atoms with Crippen molar-refractivity contribution in [3.8, 4) is 0 Å². The Morgan fingerprint density at radius 2 is 1.79 bits per heavy atom. The fourth-order valence-electron chi connectivity index (χ4n) is 6.62. The summed E-state index contributed by atoms with van der Waals surface area (Å²) in [5.74, 6) is -0.857. The molecule has 3 amide bonds. The van der Waals surface area contributed by atoms with Crippen molar-refractivity contribution in [3.05, 3.63) is 101 Å². The van der Waals surface area contributed by atoms with E-state index in [0.29, 0.717) is 5.56 Å². The zero-order valence-electron chi connectivity index (χ0n) is 24.5. The largest absolute Gasteiger partial charge is 0.384 e. The van der Waals surface area contributed by atoms with Gasteiger partial charge >= 0.3 is 0 Å². The predicted molar refractivity (Wildman–Crippen MR) is 169 cm³/mol. The van der Waals surface area contributed by atoms with Crippen molar-refractivity contribution in [2.75, 3.05) is 17.7 Å². The number of fused-ring (bicyclic) bond motifs is 2. The molecule has 3 aliphatic rings. The Bertz CT molecular complexity index is 1530. The molecule has 0 unspecified atom stereocenters. The predicted octanol–water partition coefficient (Wildman–Crippen LogP) is 3.84. The van der Waals surface area contributed by atoms with Gasteiger partial charge in [-0.15, -0.1) is 11.8 Å². The molecule has 1 aliphatic carbocycles. The van der Waals surface area contributed by atoms with E-state index in [1.54, 1.807) is 6.07 Å². The van der Waals surface area contributed by atoms with Crippen molar-refractivity contribution in [3.63, 3.8) is 0 Å². The number of aliphatic hydroxyl groups is 1. The van der Waals surface area contributed by atoms with Gasteiger partial charge in [0.15, 0.2) is 6.10 Å². The van der Waals surface area contributed by atoms with Gasteiger partial charge in [-0.3, -0.25) is 14.4 Å². The number of nitrogens with zero attached hydrogens (tertiary/aromatic N) is 1. The van der Waals surface area contributed by atoms with E-state index in [2.05, 4.69) is 22.0 Å². The minimum Gasteiger partial charge on any atom is -0.384 e. The van der Waals surface area contributed by atoms with Gasteiger partial charge in [-0.1, -0.05) is 60.7 Å². The molecule has 1 saturated heterocycles. The molecule has 8 nitrogen and oxygen atoms in total. The number of rotatable bonds is 8. The number of anilines is 1. The maximum atomic E-state index is 14.0. The molecule has 4 N–H and O–H groups in total. The maximum absolute atomic E-state index is 14.0. The Kier molecular flexibility index (Phi) is 8.20. The van der Waals surface area contributed by atoms with E-state index in [4.69, 9.17) is 0 Å². The third kappa shape index (κ3) is 5.88. The Morgan fingerprint density at radius 1 is 1.02 bits per heavy atom. The van der Waals surface area contributed by atoms with Crippen LogP contribution in [0.4, 0.5) is 5.69 Å². The summed E-state index contributed by atoms with van der Waals surface area (Å²) in [6, 6.07) is 21.4. The highest BCUT2D eigenvalue weighted by molar-refractivity contribution is 8.00. The van der Waals surface area contributed by atoms with Crippen molar-refractivity contribution in [1.82, 2.24) is 15.5 Å². The van der Waals surface area contributed by atoms with Gasteiger partial charge in [-0.2, -0.15) is 0 Å². The first-order valence-corrected chi connectivity index (χ1v) is 15.9. The molecule has 3 aromatic carbocycles. The molecule has 224 valence electrons. The summed E-state index contributed by atoms with van der Waals surface area (Å²) in [6.45, 7) is 4.67. The topological polar surface area (TPSA) is 111 Å². The number of aliphatic hydroxyl groups excluding tert-OH is 1. The van der Waals surface area contributed by atoms with Crippen molar-refractivity contribution < 1.29 is 19.5 Å². The van der Waals surface area contributed by atoms with Crippen LogP contribution < -0.4 is 16.0 Å². The van der Waals surface area contributed by atoms with Crippen LogP contribution in [-0.2, 0) is 28.9 Å². The average molecular weight is 599 g/mol. The summed E-state index contributed by atoms with van der Waals surface area (Å²) in [5, 5.41) is 21.1. The lowest BCUT2D eigenvalue weighted by Gasteiger charge is -2.34. The molecular formula is C34H38N4O4S. The summed E-state index contributed by atoms with van der Waals surface area (Å²) < 4.78 is -0.562. The van der Waals surface area contributed by atoms with Crippen LogP contribution in [0.3, 0.4) is 0 Å². The Balaban J connectivity index is 1.23. The standard InChI is InChI=1S/C34H38N4O4S/c1-34(2)30(32(41)36-27-16-15-22-11-6-7-12-23(22)27)38(20-43-34)33(42)29(39)28(19-21-9-4-3-5-10-21)37-31(40)25-13-8-14-26-24(25)17-18-35-26/h3-14,27-30,35,39H,15-20H2,1-2H3,(H,36,41)(H,37,40)/t27-,28-,29-,30-/m0/s1. The van der Waals surface area contributed by atoms with E-state index in [1.807, 2.05) is 74.5 Å². The number of nitrogens with one attached hydrogen (secondary N) is 3. The number of benzene rings is 3. The fraction of sp³-hybridized carbons (Fsp3) is 0.382. The molecule has 0 bridgehead atoms. The SMILES string of the molecule is CC1(C)SCN(C(=O)[C@@H](O)[C@H](Cc2ccccc2)NC(=O)c2cccc3c2CCN3)[C@H]1C(=O)N[C@H]1CCc2ccccc21. The molecule has 1 fully saturated rings. The lowest BCUT2D eigenvalue weighted by Crippen LogP contribution is -2.59. The van der Waals surface area contributed by atoms with Crippen LogP contribution in [0.25, 0.3) is 0 Å². The zero-order valence-corrected chi connectivity index (χ0v) is 25.3. The lowest BCUT2D eigenvalue weighted by atomic mass is 9.96. The third-order valence-corrected chi connectivity index (χ3v) is 10.3.